The molecular weight excluding hydrogens is 308 g/mol. The number of carbonyl (C=O) groups is 3. The van der Waals surface area contributed by atoms with E-state index < -0.39 is 18.0 Å². The van der Waals surface area contributed by atoms with Gasteiger partial charge in [-0.1, -0.05) is 30.3 Å². The standard InChI is InChI=1S/C17H24N4O3/c1-3-18-17(24)20-16(23)15(12-7-5-4-6-8-12)21(2)11-14(22)19-13-9-10-13/h4-8,13,15H,3,9-11H2,1-2H3,(H,19,22)(H2,18,20,23,24)/p+1/t15-/m1/s1. The summed E-state index contributed by atoms with van der Waals surface area (Å²) in [5, 5.41) is 7.80. The maximum atomic E-state index is 12.6. The number of likely N-dealkylation sites (N-methyl/N-ethyl adjacent to an activating group) is 1. The number of nitrogens with one attached hydrogen (secondary N) is 4. The molecule has 0 saturated heterocycles. The molecule has 1 saturated carbocycles. The van der Waals surface area contributed by atoms with Gasteiger partial charge in [-0.05, 0) is 19.8 Å². The molecular formula is C17H25N4O3+. The zero-order chi connectivity index (χ0) is 17.5. The van der Waals surface area contributed by atoms with Crippen LogP contribution in [-0.2, 0) is 9.59 Å². The van der Waals surface area contributed by atoms with Crippen LogP contribution >= 0.6 is 0 Å². The van der Waals surface area contributed by atoms with Crippen molar-refractivity contribution >= 4 is 17.8 Å². The van der Waals surface area contributed by atoms with Gasteiger partial charge in [0.2, 0.25) is 0 Å². The first-order valence-corrected chi connectivity index (χ1v) is 8.26. The Morgan fingerprint density at radius 1 is 1.21 bits per heavy atom. The average molecular weight is 333 g/mol. The van der Waals surface area contributed by atoms with Gasteiger partial charge in [-0.15, -0.1) is 0 Å². The summed E-state index contributed by atoms with van der Waals surface area (Å²) < 4.78 is 0. The first-order chi connectivity index (χ1) is 11.5. The molecule has 1 unspecified atom stereocenters. The molecule has 1 aromatic rings. The highest BCUT2D eigenvalue weighted by molar-refractivity contribution is 5.96. The van der Waals surface area contributed by atoms with E-state index in [2.05, 4.69) is 16.0 Å². The van der Waals surface area contributed by atoms with Crippen molar-refractivity contribution in [1.82, 2.24) is 16.0 Å². The number of carbonyl (C=O) groups excluding carboxylic acids is 3. The second-order valence-corrected chi connectivity index (χ2v) is 6.06. The quantitative estimate of drug-likeness (QED) is 0.535. The molecule has 0 radical (unpaired) electrons. The Bertz CT molecular complexity index is 587. The first kappa shape index (κ1) is 17.9. The van der Waals surface area contributed by atoms with Crippen molar-refractivity contribution in [3.8, 4) is 0 Å². The second-order valence-electron chi connectivity index (χ2n) is 6.06. The van der Waals surface area contributed by atoms with E-state index in [4.69, 9.17) is 0 Å². The van der Waals surface area contributed by atoms with Gasteiger partial charge in [0, 0.05) is 18.2 Å². The average Bonchev–Trinajstić information content (AvgIpc) is 3.32. The predicted molar refractivity (Wildman–Crippen MR) is 89.3 cm³/mol. The highest BCUT2D eigenvalue weighted by atomic mass is 16.2. The molecule has 2 rings (SSSR count). The van der Waals surface area contributed by atoms with Crippen LogP contribution in [0, 0.1) is 0 Å². The van der Waals surface area contributed by atoms with Crippen LogP contribution < -0.4 is 20.9 Å². The molecule has 7 heteroatoms. The van der Waals surface area contributed by atoms with Gasteiger partial charge in [-0.25, -0.2) is 4.79 Å². The van der Waals surface area contributed by atoms with E-state index in [0.717, 1.165) is 18.4 Å². The van der Waals surface area contributed by atoms with Gasteiger partial charge in [0.15, 0.2) is 12.6 Å². The number of rotatable bonds is 7. The molecule has 7 nitrogen and oxygen atoms in total. The summed E-state index contributed by atoms with van der Waals surface area (Å²) in [7, 11) is 1.78. The van der Waals surface area contributed by atoms with Crippen LogP contribution in [0.4, 0.5) is 4.79 Å². The molecule has 0 spiro atoms. The number of benzene rings is 1. The molecule has 2 atom stereocenters. The van der Waals surface area contributed by atoms with Gasteiger partial charge >= 0.3 is 6.03 Å². The molecule has 4 amide bonds. The Labute approximate surface area is 141 Å². The molecule has 0 aromatic heterocycles. The molecule has 24 heavy (non-hydrogen) atoms. The van der Waals surface area contributed by atoms with E-state index in [9.17, 15) is 14.4 Å². The minimum atomic E-state index is -0.640. The van der Waals surface area contributed by atoms with E-state index in [1.54, 1.807) is 14.0 Å². The maximum absolute atomic E-state index is 12.6. The van der Waals surface area contributed by atoms with Crippen molar-refractivity contribution < 1.29 is 19.3 Å². The van der Waals surface area contributed by atoms with E-state index in [1.165, 1.54) is 0 Å². The minimum Gasteiger partial charge on any atom is -0.348 e. The zero-order valence-electron chi connectivity index (χ0n) is 14.1. The van der Waals surface area contributed by atoms with Gasteiger partial charge in [-0.2, -0.15) is 0 Å². The molecule has 1 aliphatic carbocycles. The van der Waals surface area contributed by atoms with Gasteiger partial charge in [-0.3, -0.25) is 14.9 Å². The molecule has 130 valence electrons. The van der Waals surface area contributed by atoms with Crippen LogP contribution in [0.15, 0.2) is 30.3 Å². The Morgan fingerprint density at radius 3 is 2.46 bits per heavy atom. The lowest BCUT2D eigenvalue weighted by Crippen LogP contribution is -3.11. The highest BCUT2D eigenvalue weighted by Crippen LogP contribution is 2.18. The summed E-state index contributed by atoms with van der Waals surface area (Å²) in [6, 6.07) is 8.28. The van der Waals surface area contributed by atoms with Crippen LogP contribution in [0.3, 0.4) is 0 Å². The van der Waals surface area contributed by atoms with Crippen LogP contribution in [0.25, 0.3) is 0 Å². The number of quaternary nitrogens is 1. The van der Waals surface area contributed by atoms with Gasteiger partial charge < -0.3 is 15.5 Å². The topological polar surface area (TPSA) is 91.7 Å². The molecule has 4 N–H and O–H groups in total. The van der Waals surface area contributed by atoms with Gasteiger partial charge in [0.05, 0.1) is 7.05 Å². The lowest BCUT2D eigenvalue weighted by atomic mass is 10.0. The molecule has 0 heterocycles. The number of imide groups is 1. The molecule has 1 aliphatic rings. The van der Waals surface area contributed by atoms with E-state index in [0.29, 0.717) is 11.4 Å². The Balaban J connectivity index is 2.08. The van der Waals surface area contributed by atoms with Crippen LogP contribution in [0.2, 0.25) is 0 Å². The molecule has 1 aromatic carbocycles. The Morgan fingerprint density at radius 2 is 1.88 bits per heavy atom. The Kier molecular flexibility index (Phi) is 6.31. The second kappa shape index (κ2) is 8.44. The number of hydrogen-bond acceptors (Lipinski definition) is 3. The lowest BCUT2D eigenvalue weighted by Gasteiger charge is -2.24. The molecule has 0 aliphatic heterocycles. The van der Waals surface area contributed by atoms with Crippen molar-refractivity contribution in [3.63, 3.8) is 0 Å². The van der Waals surface area contributed by atoms with Crippen LogP contribution in [0.1, 0.15) is 31.4 Å². The number of amides is 4. The lowest BCUT2D eigenvalue weighted by molar-refractivity contribution is -0.894. The van der Waals surface area contributed by atoms with Crippen molar-refractivity contribution in [2.45, 2.75) is 31.8 Å². The molecule has 1 fully saturated rings. The van der Waals surface area contributed by atoms with Gasteiger partial charge in [0.1, 0.15) is 0 Å². The third-order valence-corrected chi connectivity index (χ3v) is 3.84. The third-order valence-electron chi connectivity index (χ3n) is 3.84. The fraction of sp³-hybridized carbons (Fsp3) is 0.471. The maximum Gasteiger partial charge on any atom is 0.321 e. The van der Waals surface area contributed by atoms with Crippen molar-refractivity contribution in [2.24, 2.45) is 0 Å². The monoisotopic (exact) mass is 333 g/mol. The van der Waals surface area contributed by atoms with Crippen molar-refractivity contribution in [3.05, 3.63) is 35.9 Å². The molecule has 0 bridgehead atoms. The Hall–Kier alpha value is -2.41. The van der Waals surface area contributed by atoms with Crippen LogP contribution in [-0.4, -0.2) is 44.0 Å². The third kappa shape index (κ3) is 5.34. The summed E-state index contributed by atoms with van der Waals surface area (Å²) in [4.78, 5) is 37.0. The number of hydrogen-bond donors (Lipinski definition) is 4. The summed E-state index contributed by atoms with van der Waals surface area (Å²) in [5.41, 5.74) is 0.760. The largest absolute Gasteiger partial charge is 0.348 e. The smallest absolute Gasteiger partial charge is 0.321 e. The SMILES string of the molecule is CCNC(=O)NC(=O)[C@@H](c1ccccc1)[NH+](C)CC(=O)NC1CC1. The fourth-order valence-electron chi connectivity index (χ4n) is 2.56. The van der Waals surface area contributed by atoms with Gasteiger partial charge in [0.25, 0.3) is 11.8 Å². The fourth-order valence-corrected chi connectivity index (χ4v) is 2.56. The van der Waals surface area contributed by atoms with Crippen molar-refractivity contribution in [2.75, 3.05) is 20.1 Å². The van der Waals surface area contributed by atoms with E-state index in [1.807, 2.05) is 30.3 Å². The first-order valence-electron chi connectivity index (χ1n) is 8.26. The highest BCUT2D eigenvalue weighted by Gasteiger charge is 2.32. The van der Waals surface area contributed by atoms with E-state index in [-0.39, 0.29) is 18.5 Å². The summed E-state index contributed by atoms with van der Waals surface area (Å²) >= 11 is 0. The van der Waals surface area contributed by atoms with Crippen LogP contribution in [0.5, 0.6) is 0 Å². The normalized spacial score (nSPS) is 15.9. The minimum absolute atomic E-state index is 0.0817. The van der Waals surface area contributed by atoms with Crippen molar-refractivity contribution in [1.29, 1.82) is 0 Å². The summed E-state index contributed by atoms with van der Waals surface area (Å²) in [6.45, 7) is 2.37. The van der Waals surface area contributed by atoms with E-state index >= 15 is 0 Å². The number of urea groups is 1. The zero-order valence-corrected chi connectivity index (χ0v) is 14.1. The summed E-state index contributed by atoms with van der Waals surface area (Å²) in [6.07, 6.45) is 2.04. The summed E-state index contributed by atoms with van der Waals surface area (Å²) in [5.74, 6) is -0.509. The predicted octanol–water partition coefficient (Wildman–Crippen LogP) is -0.633.